The third-order valence-corrected chi connectivity index (χ3v) is 5.23. The van der Waals surface area contributed by atoms with Crippen molar-refractivity contribution in [1.29, 1.82) is 0 Å². The van der Waals surface area contributed by atoms with E-state index in [4.69, 9.17) is 27.9 Å². The average molecular weight is 452 g/mol. The Morgan fingerprint density at radius 1 is 1.21 bits per heavy atom. The van der Waals surface area contributed by atoms with Crippen molar-refractivity contribution in [3.63, 3.8) is 0 Å². The molecule has 0 unspecified atom stereocenters. The molecule has 0 atom stereocenters. The molecule has 0 aliphatic carbocycles. The number of ether oxygens (including phenoxy) is 1. The van der Waals surface area contributed by atoms with Gasteiger partial charge < -0.3 is 4.74 Å². The number of alkyl carbamates (subject to hydrolysis) is 1. The van der Waals surface area contributed by atoms with Gasteiger partial charge in [0, 0.05) is 18.0 Å². The van der Waals surface area contributed by atoms with Crippen LogP contribution in [0.5, 0.6) is 0 Å². The van der Waals surface area contributed by atoms with Gasteiger partial charge in [0.15, 0.2) is 11.0 Å². The van der Waals surface area contributed by atoms with Crippen LogP contribution in [0.15, 0.2) is 47.9 Å². The minimum atomic E-state index is -0.792. The maximum Gasteiger partial charge on any atom is 0.413 e. The number of imide groups is 1. The van der Waals surface area contributed by atoms with Crippen LogP contribution in [0.4, 0.5) is 4.79 Å². The van der Waals surface area contributed by atoms with Crippen molar-refractivity contribution in [2.45, 2.75) is 12.1 Å². The van der Waals surface area contributed by atoms with Gasteiger partial charge in [0.05, 0.1) is 28.1 Å². The van der Waals surface area contributed by atoms with Crippen molar-refractivity contribution < 1.29 is 14.3 Å². The molecule has 0 fully saturated rings. The van der Waals surface area contributed by atoms with Crippen LogP contribution >= 0.6 is 35.0 Å². The van der Waals surface area contributed by atoms with Gasteiger partial charge >= 0.3 is 6.09 Å². The van der Waals surface area contributed by atoms with E-state index in [0.29, 0.717) is 26.7 Å². The molecule has 0 saturated carbocycles. The molecule has 0 aliphatic heterocycles. The Kier molecular flexibility index (Phi) is 7.08. The van der Waals surface area contributed by atoms with Gasteiger partial charge in [-0.15, -0.1) is 10.2 Å². The van der Waals surface area contributed by atoms with Crippen LogP contribution in [0.1, 0.15) is 6.92 Å². The smallest absolute Gasteiger partial charge is 0.413 e. The SMILES string of the molecule is CCOC(=O)NC(=O)CSc1nnc(-c2cccnc2)n1-c1ccc(Cl)c(Cl)c1. The number of nitrogens with one attached hydrogen (secondary N) is 1. The van der Waals surface area contributed by atoms with Gasteiger partial charge in [0.2, 0.25) is 5.91 Å². The number of rotatable bonds is 6. The Morgan fingerprint density at radius 3 is 2.72 bits per heavy atom. The van der Waals surface area contributed by atoms with E-state index >= 15 is 0 Å². The largest absolute Gasteiger partial charge is 0.450 e. The maximum atomic E-state index is 12.0. The Labute approximate surface area is 180 Å². The molecule has 0 bridgehead atoms. The van der Waals surface area contributed by atoms with E-state index in [1.54, 1.807) is 48.1 Å². The lowest BCUT2D eigenvalue weighted by Crippen LogP contribution is -2.32. The van der Waals surface area contributed by atoms with Crippen molar-refractivity contribution in [1.82, 2.24) is 25.1 Å². The summed E-state index contributed by atoms with van der Waals surface area (Å²) in [5.74, 6) is -0.0597. The van der Waals surface area contributed by atoms with Gasteiger partial charge in [-0.05, 0) is 37.3 Å². The Bertz CT molecular complexity index is 1030. The van der Waals surface area contributed by atoms with Crippen LogP contribution in [0, 0.1) is 0 Å². The number of amides is 2. The molecule has 2 amide bonds. The van der Waals surface area contributed by atoms with Crippen LogP contribution in [-0.4, -0.2) is 44.1 Å². The van der Waals surface area contributed by atoms with Gasteiger partial charge in [0.1, 0.15) is 0 Å². The zero-order chi connectivity index (χ0) is 20.8. The number of carbonyl (C=O) groups excluding carboxylic acids is 2. The Balaban J connectivity index is 1.91. The molecule has 3 aromatic rings. The molecule has 0 spiro atoms. The van der Waals surface area contributed by atoms with Gasteiger partial charge in [-0.25, -0.2) is 4.79 Å². The minimum absolute atomic E-state index is 0.0642. The highest BCUT2D eigenvalue weighted by Crippen LogP contribution is 2.31. The predicted molar refractivity (Wildman–Crippen MR) is 110 cm³/mol. The second-order valence-electron chi connectivity index (χ2n) is 5.54. The van der Waals surface area contributed by atoms with E-state index in [9.17, 15) is 9.59 Å². The molecule has 0 radical (unpaired) electrons. The summed E-state index contributed by atoms with van der Waals surface area (Å²) in [6.45, 7) is 1.82. The fraction of sp³-hybridized carbons (Fsp3) is 0.167. The quantitative estimate of drug-likeness (QED) is 0.565. The number of thioether (sulfide) groups is 1. The molecule has 1 aromatic carbocycles. The summed E-state index contributed by atoms with van der Waals surface area (Å²) >= 11 is 13.3. The van der Waals surface area contributed by atoms with Crippen LogP contribution in [-0.2, 0) is 9.53 Å². The second-order valence-corrected chi connectivity index (χ2v) is 7.30. The second kappa shape index (κ2) is 9.73. The molecule has 11 heteroatoms. The van der Waals surface area contributed by atoms with Crippen molar-refractivity contribution >= 4 is 47.0 Å². The highest BCUT2D eigenvalue weighted by atomic mass is 35.5. The minimum Gasteiger partial charge on any atom is -0.450 e. The van der Waals surface area contributed by atoms with Gasteiger partial charge in [0.25, 0.3) is 0 Å². The summed E-state index contributed by atoms with van der Waals surface area (Å²) in [4.78, 5) is 27.5. The normalized spacial score (nSPS) is 10.6. The highest BCUT2D eigenvalue weighted by molar-refractivity contribution is 7.99. The summed E-state index contributed by atoms with van der Waals surface area (Å²) in [5.41, 5.74) is 1.39. The summed E-state index contributed by atoms with van der Waals surface area (Å²) in [7, 11) is 0. The highest BCUT2D eigenvalue weighted by Gasteiger charge is 2.19. The van der Waals surface area contributed by atoms with Crippen LogP contribution in [0.2, 0.25) is 10.0 Å². The molecule has 3 rings (SSSR count). The summed E-state index contributed by atoms with van der Waals surface area (Å²) in [5, 5.41) is 11.8. The standard InChI is InChI=1S/C18H15Cl2N5O3S/c1-2-28-18(27)22-15(26)10-29-17-24-23-16(11-4-3-7-21-9-11)25(17)12-5-6-13(19)14(20)8-12/h3-9H,2,10H2,1H3,(H,22,26,27). The van der Waals surface area contributed by atoms with Crippen LogP contribution < -0.4 is 5.32 Å². The third-order valence-electron chi connectivity index (χ3n) is 3.56. The molecule has 1 N–H and O–H groups in total. The monoisotopic (exact) mass is 451 g/mol. The first kappa shape index (κ1) is 21.1. The molecular formula is C18H15Cl2N5O3S. The fourth-order valence-electron chi connectivity index (χ4n) is 2.35. The van der Waals surface area contributed by atoms with Crippen molar-refractivity contribution in [2.24, 2.45) is 0 Å². The number of benzene rings is 1. The van der Waals surface area contributed by atoms with E-state index in [2.05, 4.69) is 20.5 Å². The molecule has 8 nitrogen and oxygen atoms in total. The van der Waals surface area contributed by atoms with Crippen LogP contribution in [0.25, 0.3) is 17.1 Å². The number of aromatic nitrogens is 4. The number of carbonyl (C=O) groups is 2. The average Bonchev–Trinajstić information content (AvgIpc) is 3.13. The molecule has 2 heterocycles. The first-order valence-corrected chi connectivity index (χ1v) is 10.1. The topological polar surface area (TPSA) is 99.0 Å². The molecule has 0 aliphatic rings. The summed E-state index contributed by atoms with van der Waals surface area (Å²) < 4.78 is 6.43. The molecule has 150 valence electrons. The number of halogens is 2. The van der Waals surface area contributed by atoms with Crippen molar-refractivity contribution in [2.75, 3.05) is 12.4 Å². The lowest BCUT2D eigenvalue weighted by molar-refractivity contribution is -0.117. The maximum absolute atomic E-state index is 12.0. The summed E-state index contributed by atoms with van der Waals surface area (Å²) in [6, 6.07) is 8.72. The van der Waals surface area contributed by atoms with Gasteiger partial charge in [-0.3, -0.25) is 19.7 Å². The zero-order valence-corrected chi connectivity index (χ0v) is 17.5. The first-order chi connectivity index (χ1) is 14.0. The molecule has 2 aromatic heterocycles. The van der Waals surface area contributed by atoms with Crippen LogP contribution in [0.3, 0.4) is 0 Å². The van der Waals surface area contributed by atoms with E-state index in [-0.39, 0.29) is 12.4 Å². The molecule has 0 saturated heterocycles. The van der Waals surface area contributed by atoms with Gasteiger partial charge in [-0.1, -0.05) is 35.0 Å². The number of nitrogens with zero attached hydrogens (tertiary/aromatic N) is 4. The van der Waals surface area contributed by atoms with E-state index in [1.165, 1.54) is 0 Å². The molecular weight excluding hydrogens is 437 g/mol. The number of hydrogen-bond donors (Lipinski definition) is 1. The summed E-state index contributed by atoms with van der Waals surface area (Å²) in [6.07, 6.45) is 2.51. The zero-order valence-electron chi connectivity index (χ0n) is 15.1. The number of hydrogen-bond acceptors (Lipinski definition) is 7. The van der Waals surface area contributed by atoms with E-state index < -0.39 is 12.0 Å². The third kappa shape index (κ3) is 5.26. The predicted octanol–water partition coefficient (Wildman–Crippen LogP) is 4.00. The number of pyridine rings is 1. The first-order valence-electron chi connectivity index (χ1n) is 8.40. The molecule has 29 heavy (non-hydrogen) atoms. The van der Waals surface area contributed by atoms with Gasteiger partial charge in [-0.2, -0.15) is 0 Å². The van der Waals surface area contributed by atoms with Crippen molar-refractivity contribution in [3.8, 4) is 17.1 Å². The lowest BCUT2D eigenvalue weighted by atomic mass is 10.2. The Hall–Kier alpha value is -2.62. The fourth-order valence-corrected chi connectivity index (χ4v) is 3.39. The van der Waals surface area contributed by atoms with E-state index in [1.807, 2.05) is 6.07 Å². The van der Waals surface area contributed by atoms with Crippen molar-refractivity contribution in [3.05, 3.63) is 52.8 Å². The Morgan fingerprint density at radius 2 is 2.03 bits per heavy atom. The lowest BCUT2D eigenvalue weighted by Gasteiger charge is -2.11. The van der Waals surface area contributed by atoms with E-state index in [0.717, 1.165) is 17.3 Å².